The molecule has 0 radical (unpaired) electrons. The molecule has 0 N–H and O–H groups in total. The van der Waals surface area contributed by atoms with Crippen LogP contribution in [-0.2, 0) is 11.3 Å². The molecule has 0 fully saturated rings. The van der Waals surface area contributed by atoms with Crippen molar-refractivity contribution >= 4 is 43.3 Å². The van der Waals surface area contributed by atoms with Crippen LogP contribution in [0.25, 0.3) is 20.5 Å². The SMILES string of the molecule is CCOC(=O)c1c(CN=[N+]=[N-])sc2ccc(Br)cc12. The van der Waals surface area contributed by atoms with Gasteiger partial charge in [0.05, 0.1) is 18.7 Å². The highest BCUT2D eigenvalue weighted by molar-refractivity contribution is 9.10. The topological polar surface area (TPSA) is 75.1 Å². The molecular weight excluding hydrogens is 330 g/mol. The van der Waals surface area contributed by atoms with Crippen molar-refractivity contribution in [3.8, 4) is 0 Å². The highest BCUT2D eigenvalue weighted by Gasteiger charge is 2.19. The Morgan fingerprint density at radius 3 is 3.05 bits per heavy atom. The summed E-state index contributed by atoms with van der Waals surface area (Å²) in [7, 11) is 0. The lowest BCUT2D eigenvalue weighted by Gasteiger charge is -2.02. The molecule has 2 rings (SSSR count). The Labute approximate surface area is 121 Å². The fraction of sp³-hybridized carbons (Fsp3) is 0.250. The number of rotatable bonds is 4. The van der Waals surface area contributed by atoms with Crippen molar-refractivity contribution in [2.75, 3.05) is 6.61 Å². The molecule has 5 nitrogen and oxygen atoms in total. The molecule has 1 aromatic carbocycles. The van der Waals surface area contributed by atoms with Crippen molar-refractivity contribution in [3.05, 3.63) is 43.6 Å². The van der Waals surface area contributed by atoms with Crippen molar-refractivity contribution in [1.82, 2.24) is 0 Å². The highest BCUT2D eigenvalue weighted by Crippen LogP contribution is 2.34. The fourth-order valence-electron chi connectivity index (χ4n) is 1.75. The number of ether oxygens (including phenoxy) is 1. The van der Waals surface area contributed by atoms with Crippen molar-refractivity contribution in [1.29, 1.82) is 0 Å². The molecule has 2 aromatic rings. The van der Waals surface area contributed by atoms with Crippen molar-refractivity contribution < 1.29 is 9.53 Å². The average Bonchev–Trinajstić information content (AvgIpc) is 2.74. The maximum absolute atomic E-state index is 12.0. The molecule has 0 saturated carbocycles. The lowest BCUT2D eigenvalue weighted by molar-refractivity contribution is 0.0528. The van der Waals surface area contributed by atoms with Crippen LogP contribution in [0.5, 0.6) is 0 Å². The minimum atomic E-state index is -0.380. The monoisotopic (exact) mass is 339 g/mol. The van der Waals surface area contributed by atoms with Crippen LogP contribution in [-0.4, -0.2) is 12.6 Å². The highest BCUT2D eigenvalue weighted by atomic mass is 79.9. The van der Waals surface area contributed by atoms with Gasteiger partial charge in [-0.2, -0.15) is 0 Å². The number of benzene rings is 1. The van der Waals surface area contributed by atoms with Crippen LogP contribution < -0.4 is 0 Å². The number of azide groups is 1. The van der Waals surface area contributed by atoms with E-state index in [1.807, 2.05) is 18.2 Å². The largest absolute Gasteiger partial charge is 0.462 e. The first-order chi connectivity index (χ1) is 9.17. The van der Waals surface area contributed by atoms with E-state index in [1.165, 1.54) is 11.3 Å². The summed E-state index contributed by atoms with van der Waals surface area (Å²) in [6, 6.07) is 5.70. The van der Waals surface area contributed by atoms with Gasteiger partial charge in [-0.3, -0.25) is 0 Å². The second kappa shape index (κ2) is 6.06. The third kappa shape index (κ3) is 2.89. The van der Waals surface area contributed by atoms with Gasteiger partial charge in [0.2, 0.25) is 0 Å². The van der Waals surface area contributed by atoms with Gasteiger partial charge in [-0.25, -0.2) is 4.79 Å². The van der Waals surface area contributed by atoms with E-state index in [4.69, 9.17) is 10.3 Å². The van der Waals surface area contributed by atoms with E-state index in [-0.39, 0.29) is 12.5 Å². The summed E-state index contributed by atoms with van der Waals surface area (Å²) >= 11 is 4.83. The van der Waals surface area contributed by atoms with Gasteiger partial charge in [0, 0.05) is 24.3 Å². The number of halogens is 1. The minimum Gasteiger partial charge on any atom is -0.462 e. The molecule has 0 aliphatic heterocycles. The van der Waals surface area contributed by atoms with E-state index in [0.717, 1.165) is 19.4 Å². The predicted octanol–water partition coefficient (Wildman–Crippen LogP) is 4.65. The van der Waals surface area contributed by atoms with Gasteiger partial charge >= 0.3 is 5.97 Å². The molecule has 0 aliphatic carbocycles. The minimum absolute atomic E-state index is 0.154. The zero-order valence-corrected chi connectivity index (χ0v) is 12.5. The molecule has 0 saturated heterocycles. The van der Waals surface area contributed by atoms with E-state index < -0.39 is 0 Å². The van der Waals surface area contributed by atoms with Gasteiger partial charge in [-0.05, 0) is 30.7 Å². The standard InChI is InChI=1S/C12H10BrN3O2S/c1-2-18-12(17)11-8-5-7(13)3-4-9(8)19-10(11)6-15-16-14/h3-5H,2,6H2,1H3. The lowest BCUT2D eigenvalue weighted by atomic mass is 10.1. The Kier molecular flexibility index (Phi) is 4.42. The van der Waals surface area contributed by atoms with Crippen molar-refractivity contribution in [2.24, 2.45) is 5.11 Å². The number of carbonyl (C=O) groups excluding carboxylic acids is 1. The number of hydrogen-bond donors (Lipinski definition) is 0. The van der Waals surface area contributed by atoms with Crippen LogP contribution in [0.15, 0.2) is 27.8 Å². The predicted molar refractivity (Wildman–Crippen MR) is 78.3 cm³/mol. The number of nitrogens with zero attached hydrogens (tertiary/aromatic N) is 3. The number of carbonyl (C=O) groups is 1. The van der Waals surface area contributed by atoms with Gasteiger partial charge < -0.3 is 4.74 Å². The molecular formula is C12H10BrN3O2S. The molecule has 1 heterocycles. The Morgan fingerprint density at radius 1 is 1.58 bits per heavy atom. The van der Waals surface area contributed by atoms with Gasteiger partial charge in [-0.15, -0.1) is 11.3 Å². The quantitative estimate of drug-likeness (QED) is 0.352. The van der Waals surface area contributed by atoms with Gasteiger partial charge in [0.1, 0.15) is 0 Å². The van der Waals surface area contributed by atoms with E-state index in [9.17, 15) is 4.79 Å². The molecule has 98 valence electrons. The summed E-state index contributed by atoms with van der Waals surface area (Å²) in [5.41, 5.74) is 8.91. The van der Waals surface area contributed by atoms with Crippen LogP contribution in [0.4, 0.5) is 0 Å². The van der Waals surface area contributed by atoms with E-state index >= 15 is 0 Å². The Hall–Kier alpha value is -1.56. The molecule has 0 aliphatic rings. The molecule has 0 spiro atoms. The van der Waals surface area contributed by atoms with Crippen LogP contribution in [0.3, 0.4) is 0 Å². The Balaban J connectivity index is 2.62. The molecule has 0 atom stereocenters. The Bertz CT molecular complexity index is 677. The summed E-state index contributed by atoms with van der Waals surface area (Å²) in [5.74, 6) is -0.380. The smallest absolute Gasteiger partial charge is 0.339 e. The number of thiophene rings is 1. The van der Waals surface area contributed by atoms with Crippen molar-refractivity contribution in [3.63, 3.8) is 0 Å². The number of esters is 1. The summed E-state index contributed by atoms with van der Waals surface area (Å²) < 4.78 is 6.93. The summed E-state index contributed by atoms with van der Waals surface area (Å²) in [6.07, 6.45) is 0. The van der Waals surface area contributed by atoms with Gasteiger partial charge in [-0.1, -0.05) is 21.0 Å². The second-order valence-electron chi connectivity index (χ2n) is 3.65. The van der Waals surface area contributed by atoms with Crippen LogP contribution in [0, 0.1) is 0 Å². The molecule has 0 amide bonds. The first-order valence-corrected chi connectivity index (χ1v) is 7.17. The maximum Gasteiger partial charge on any atom is 0.339 e. The molecule has 0 unspecified atom stereocenters. The Morgan fingerprint density at radius 2 is 2.37 bits per heavy atom. The van der Waals surface area contributed by atoms with Crippen molar-refractivity contribution in [2.45, 2.75) is 13.5 Å². The lowest BCUT2D eigenvalue weighted by Crippen LogP contribution is -2.06. The fourth-order valence-corrected chi connectivity index (χ4v) is 3.21. The zero-order chi connectivity index (χ0) is 13.8. The summed E-state index contributed by atoms with van der Waals surface area (Å²) in [5, 5.41) is 4.35. The molecule has 1 aromatic heterocycles. The zero-order valence-electron chi connectivity index (χ0n) is 10.1. The number of fused-ring (bicyclic) bond motifs is 1. The van der Waals surface area contributed by atoms with E-state index in [0.29, 0.717) is 12.2 Å². The first kappa shape index (κ1) is 13.9. The first-order valence-electron chi connectivity index (χ1n) is 5.56. The van der Waals surface area contributed by atoms with Crippen LogP contribution >= 0.6 is 27.3 Å². The van der Waals surface area contributed by atoms with E-state index in [1.54, 1.807) is 6.92 Å². The molecule has 7 heteroatoms. The maximum atomic E-state index is 12.0. The second-order valence-corrected chi connectivity index (χ2v) is 5.70. The van der Waals surface area contributed by atoms with Gasteiger partial charge in [0.15, 0.2) is 0 Å². The normalized spacial score (nSPS) is 10.2. The average molecular weight is 340 g/mol. The van der Waals surface area contributed by atoms with Crippen LogP contribution in [0.1, 0.15) is 22.2 Å². The summed E-state index contributed by atoms with van der Waals surface area (Å²) in [4.78, 5) is 15.5. The summed E-state index contributed by atoms with van der Waals surface area (Å²) in [6.45, 7) is 2.22. The molecule has 19 heavy (non-hydrogen) atoms. The number of hydrogen-bond acceptors (Lipinski definition) is 4. The van der Waals surface area contributed by atoms with Crippen LogP contribution in [0.2, 0.25) is 0 Å². The third-order valence-electron chi connectivity index (χ3n) is 2.48. The third-order valence-corrected chi connectivity index (χ3v) is 4.13. The van der Waals surface area contributed by atoms with E-state index in [2.05, 4.69) is 26.0 Å². The van der Waals surface area contributed by atoms with Gasteiger partial charge in [0.25, 0.3) is 0 Å². The molecule has 0 bridgehead atoms.